The third-order valence-electron chi connectivity index (χ3n) is 3.26. The molecule has 0 bridgehead atoms. The van der Waals surface area contributed by atoms with Gasteiger partial charge in [-0.1, -0.05) is 45.0 Å². The lowest BCUT2D eigenvalue weighted by atomic mass is 9.87. The van der Waals surface area contributed by atoms with Crippen molar-refractivity contribution in [2.45, 2.75) is 33.1 Å². The van der Waals surface area contributed by atoms with Crippen molar-refractivity contribution >= 4 is 12.1 Å². The predicted molar refractivity (Wildman–Crippen MR) is 83.6 cm³/mol. The monoisotopic (exact) mass is 284 g/mol. The van der Waals surface area contributed by atoms with E-state index in [1.165, 1.54) is 11.8 Å². The van der Waals surface area contributed by atoms with Crippen molar-refractivity contribution < 1.29 is 9.21 Å². The molecule has 4 heteroatoms. The molecule has 2 aromatic rings. The van der Waals surface area contributed by atoms with E-state index in [9.17, 15) is 4.79 Å². The first-order chi connectivity index (χ1) is 9.88. The molecule has 110 valence electrons. The molecule has 0 aliphatic carbocycles. The second-order valence-corrected chi connectivity index (χ2v) is 5.96. The maximum Gasteiger partial charge on any atom is 0.274 e. The van der Waals surface area contributed by atoms with E-state index < -0.39 is 0 Å². The number of aryl methyl sites for hydroxylation is 1. The van der Waals surface area contributed by atoms with Crippen molar-refractivity contribution in [2.24, 2.45) is 5.10 Å². The van der Waals surface area contributed by atoms with E-state index in [-0.39, 0.29) is 11.3 Å². The topological polar surface area (TPSA) is 54.6 Å². The summed E-state index contributed by atoms with van der Waals surface area (Å²) in [5, 5.41) is 3.96. The molecule has 1 amide bonds. The van der Waals surface area contributed by atoms with Gasteiger partial charge in [-0.25, -0.2) is 5.43 Å². The number of nitrogens with zero attached hydrogens (tertiary/aromatic N) is 1. The molecule has 0 saturated heterocycles. The molecule has 0 aliphatic rings. The molecule has 1 aromatic carbocycles. The number of hydrogen-bond acceptors (Lipinski definition) is 3. The number of amides is 1. The van der Waals surface area contributed by atoms with Gasteiger partial charge in [0.2, 0.25) is 0 Å². The zero-order chi connectivity index (χ0) is 15.5. The molecule has 0 spiro atoms. The maximum atomic E-state index is 11.8. The van der Waals surface area contributed by atoms with E-state index >= 15 is 0 Å². The zero-order valence-corrected chi connectivity index (χ0v) is 12.8. The molecule has 21 heavy (non-hydrogen) atoms. The maximum absolute atomic E-state index is 11.8. The van der Waals surface area contributed by atoms with Gasteiger partial charge in [-0.05, 0) is 29.5 Å². The van der Waals surface area contributed by atoms with Gasteiger partial charge in [-0.2, -0.15) is 5.10 Å². The molecule has 1 aromatic heterocycles. The molecule has 0 fully saturated rings. The van der Waals surface area contributed by atoms with Crippen LogP contribution in [-0.2, 0) is 5.41 Å². The fraction of sp³-hybridized carbons (Fsp3) is 0.294. The second-order valence-electron chi connectivity index (χ2n) is 5.96. The Labute approximate surface area is 124 Å². The third kappa shape index (κ3) is 3.81. The lowest BCUT2D eigenvalue weighted by Gasteiger charge is -2.18. The van der Waals surface area contributed by atoms with Crippen molar-refractivity contribution in [2.75, 3.05) is 0 Å². The minimum Gasteiger partial charge on any atom is -0.469 e. The number of hydrazone groups is 1. The SMILES string of the molecule is Cc1occc1C(=O)N/N=C/c1ccc(C(C)(C)C)cc1. The molecule has 1 N–H and O–H groups in total. The van der Waals surface area contributed by atoms with Gasteiger partial charge in [0.1, 0.15) is 5.76 Å². The molecular weight excluding hydrogens is 264 g/mol. The molecule has 2 rings (SSSR count). The van der Waals surface area contributed by atoms with Gasteiger partial charge in [0.25, 0.3) is 5.91 Å². The standard InChI is InChI=1S/C17H20N2O2/c1-12-15(9-10-21-12)16(20)19-18-11-13-5-7-14(8-6-13)17(2,3)4/h5-11H,1-4H3,(H,19,20)/b18-11+. The molecule has 0 radical (unpaired) electrons. The summed E-state index contributed by atoms with van der Waals surface area (Å²) in [5.41, 5.74) is 5.31. The molecule has 1 heterocycles. The van der Waals surface area contributed by atoms with Crippen LogP contribution in [0.2, 0.25) is 0 Å². The molecule has 0 saturated carbocycles. The summed E-state index contributed by atoms with van der Waals surface area (Å²) >= 11 is 0. The predicted octanol–water partition coefficient (Wildman–Crippen LogP) is 3.65. The molecular formula is C17H20N2O2. The average Bonchev–Trinajstić information content (AvgIpc) is 2.84. The minimum absolute atomic E-state index is 0.128. The van der Waals surface area contributed by atoms with Crippen molar-refractivity contribution in [1.82, 2.24) is 5.43 Å². The van der Waals surface area contributed by atoms with Crippen molar-refractivity contribution in [3.8, 4) is 0 Å². The zero-order valence-electron chi connectivity index (χ0n) is 12.8. The number of carbonyl (C=O) groups excluding carboxylic acids is 1. The second kappa shape index (κ2) is 5.95. The Hall–Kier alpha value is -2.36. The van der Waals surface area contributed by atoms with Crippen LogP contribution in [0, 0.1) is 6.92 Å². The average molecular weight is 284 g/mol. The summed E-state index contributed by atoms with van der Waals surface area (Å²) in [6.07, 6.45) is 3.11. The molecule has 4 nitrogen and oxygen atoms in total. The summed E-state index contributed by atoms with van der Waals surface area (Å²) in [4.78, 5) is 11.8. The highest BCUT2D eigenvalue weighted by molar-refractivity contribution is 5.95. The summed E-state index contributed by atoms with van der Waals surface area (Å²) in [7, 11) is 0. The van der Waals surface area contributed by atoms with E-state index in [1.807, 2.05) is 12.1 Å². The van der Waals surface area contributed by atoms with Gasteiger partial charge in [-0.3, -0.25) is 4.79 Å². The van der Waals surface area contributed by atoms with Crippen LogP contribution in [0.15, 0.2) is 46.1 Å². The normalized spacial score (nSPS) is 11.8. The van der Waals surface area contributed by atoms with Gasteiger partial charge in [0.05, 0.1) is 18.0 Å². The van der Waals surface area contributed by atoms with Gasteiger partial charge in [0.15, 0.2) is 0 Å². The molecule has 0 atom stereocenters. The van der Waals surface area contributed by atoms with Gasteiger partial charge in [-0.15, -0.1) is 0 Å². The third-order valence-corrected chi connectivity index (χ3v) is 3.26. The Balaban J connectivity index is 1.99. The van der Waals surface area contributed by atoms with E-state index in [4.69, 9.17) is 4.42 Å². The Kier molecular flexibility index (Phi) is 4.26. The molecule has 0 aliphatic heterocycles. The Morgan fingerprint density at radius 2 is 1.86 bits per heavy atom. The first-order valence-corrected chi connectivity index (χ1v) is 6.86. The highest BCUT2D eigenvalue weighted by Crippen LogP contribution is 2.21. The van der Waals surface area contributed by atoms with Gasteiger partial charge >= 0.3 is 0 Å². The first-order valence-electron chi connectivity index (χ1n) is 6.86. The van der Waals surface area contributed by atoms with Crippen LogP contribution < -0.4 is 5.43 Å². The summed E-state index contributed by atoms with van der Waals surface area (Å²) in [5.74, 6) is 0.307. The van der Waals surface area contributed by atoms with E-state index in [1.54, 1.807) is 19.2 Å². The summed E-state index contributed by atoms with van der Waals surface area (Å²) < 4.78 is 5.08. The lowest BCUT2D eigenvalue weighted by Crippen LogP contribution is -2.17. The Bertz CT molecular complexity index is 646. The van der Waals surface area contributed by atoms with Crippen molar-refractivity contribution in [1.29, 1.82) is 0 Å². The highest BCUT2D eigenvalue weighted by Gasteiger charge is 2.12. The lowest BCUT2D eigenvalue weighted by molar-refractivity contribution is 0.0953. The number of carbonyl (C=O) groups is 1. The van der Waals surface area contributed by atoms with Crippen LogP contribution >= 0.6 is 0 Å². The smallest absolute Gasteiger partial charge is 0.274 e. The van der Waals surface area contributed by atoms with Crippen LogP contribution in [0.5, 0.6) is 0 Å². The van der Waals surface area contributed by atoms with E-state index in [0.717, 1.165) is 5.56 Å². The van der Waals surface area contributed by atoms with Crippen LogP contribution in [0.1, 0.15) is 48.0 Å². The Morgan fingerprint density at radius 1 is 1.19 bits per heavy atom. The van der Waals surface area contributed by atoms with Crippen LogP contribution in [0.25, 0.3) is 0 Å². The first kappa shape index (κ1) is 15.0. The number of benzene rings is 1. The summed E-state index contributed by atoms with van der Waals surface area (Å²) in [6.45, 7) is 8.25. The number of rotatable bonds is 3. The Morgan fingerprint density at radius 3 is 2.38 bits per heavy atom. The van der Waals surface area contributed by atoms with E-state index in [2.05, 4.69) is 43.4 Å². The van der Waals surface area contributed by atoms with E-state index in [0.29, 0.717) is 11.3 Å². The number of nitrogens with one attached hydrogen (secondary N) is 1. The largest absolute Gasteiger partial charge is 0.469 e. The highest BCUT2D eigenvalue weighted by atomic mass is 16.3. The number of hydrogen-bond donors (Lipinski definition) is 1. The fourth-order valence-corrected chi connectivity index (χ4v) is 1.92. The van der Waals surface area contributed by atoms with Gasteiger partial charge < -0.3 is 4.42 Å². The van der Waals surface area contributed by atoms with Crippen molar-refractivity contribution in [3.63, 3.8) is 0 Å². The minimum atomic E-state index is -0.274. The van der Waals surface area contributed by atoms with Gasteiger partial charge in [0, 0.05) is 0 Å². The van der Waals surface area contributed by atoms with Crippen LogP contribution in [-0.4, -0.2) is 12.1 Å². The van der Waals surface area contributed by atoms with Crippen LogP contribution in [0.3, 0.4) is 0 Å². The number of furan rings is 1. The molecule has 0 unspecified atom stereocenters. The summed E-state index contributed by atoms with van der Waals surface area (Å²) in [6, 6.07) is 9.74. The quantitative estimate of drug-likeness (QED) is 0.691. The van der Waals surface area contributed by atoms with Crippen LogP contribution in [0.4, 0.5) is 0 Å². The van der Waals surface area contributed by atoms with Crippen molar-refractivity contribution in [3.05, 3.63) is 59.0 Å². The fourth-order valence-electron chi connectivity index (χ4n) is 1.92.